The van der Waals surface area contributed by atoms with Crippen molar-refractivity contribution in [3.8, 4) is 0 Å². The second kappa shape index (κ2) is 7.99. The van der Waals surface area contributed by atoms with Gasteiger partial charge >= 0.3 is 11.9 Å². The first-order valence-electron chi connectivity index (χ1n) is 8.46. The molecule has 1 aromatic carbocycles. The summed E-state index contributed by atoms with van der Waals surface area (Å²) < 4.78 is 20.5. The van der Waals surface area contributed by atoms with Crippen LogP contribution in [0.2, 0.25) is 0 Å². The lowest BCUT2D eigenvalue weighted by Gasteiger charge is -2.11. The molecule has 0 N–H and O–H groups in total. The zero-order valence-electron chi connectivity index (χ0n) is 15.7. The van der Waals surface area contributed by atoms with Crippen LogP contribution in [-0.4, -0.2) is 32.2 Å². The van der Waals surface area contributed by atoms with Gasteiger partial charge in [-0.2, -0.15) is 9.97 Å². The van der Waals surface area contributed by atoms with E-state index >= 15 is 0 Å². The van der Waals surface area contributed by atoms with Crippen LogP contribution in [0.1, 0.15) is 70.2 Å². The molecular formula is C18H18N4O6. The number of benzene rings is 1. The zero-order chi connectivity index (χ0) is 20.3. The van der Waals surface area contributed by atoms with Gasteiger partial charge in [-0.15, -0.1) is 0 Å². The first-order valence-corrected chi connectivity index (χ1v) is 8.46. The minimum atomic E-state index is -0.697. The molecule has 146 valence electrons. The number of ether oxygens (including phenoxy) is 2. The highest BCUT2D eigenvalue weighted by atomic mass is 16.6. The van der Waals surface area contributed by atoms with E-state index in [1.165, 1.54) is 24.3 Å². The van der Waals surface area contributed by atoms with Crippen molar-refractivity contribution in [3.05, 3.63) is 58.8 Å². The molecule has 0 saturated heterocycles. The Labute approximate surface area is 159 Å². The topological polar surface area (TPSA) is 130 Å². The van der Waals surface area contributed by atoms with Crippen molar-refractivity contribution in [2.75, 3.05) is 0 Å². The largest absolute Gasteiger partial charge is 0.449 e. The van der Waals surface area contributed by atoms with Gasteiger partial charge in [-0.1, -0.05) is 10.3 Å². The van der Waals surface area contributed by atoms with Crippen LogP contribution in [0.15, 0.2) is 33.3 Å². The number of aromatic nitrogens is 4. The van der Waals surface area contributed by atoms with E-state index in [0.29, 0.717) is 11.6 Å². The summed E-state index contributed by atoms with van der Waals surface area (Å²) in [6.07, 6.45) is -1.39. The quantitative estimate of drug-likeness (QED) is 0.583. The van der Waals surface area contributed by atoms with E-state index < -0.39 is 24.1 Å². The van der Waals surface area contributed by atoms with E-state index in [0.717, 1.165) is 0 Å². The van der Waals surface area contributed by atoms with Crippen LogP contribution >= 0.6 is 0 Å². The molecule has 0 aliphatic rings. The van der Waals surface area contributed by atoms with E-state index in [1.54, 1.807) is 27.7 Å². The van der Waals surface area contributed by atoms with Gasteiger partial charge in [-0.25, -0.2) is 9.59 Å². The summed E-state index contributed by atoms with van der Waals surface area (Å²) in [5.41, 5.74) is 0.528. The monoisotopic (exact) mass is 386 g/mol. The van der Waals surface area contributed by atoms with Crippen molar-refractivity contribution in [1.82, 2.24) is 20.3 Å². The maximum atomic E-state index is 12.2. The number of rotatable bonds is 6. The molecule has 0 fully saturated rings. The average molecular weight is 386 g/mol. The van der Waals surface area contributed by atoms with Crippen LogP contribution in [0, 0.1) is 13.8 Å². The van der Waals surface area contributed by atoms with Gasteiger partial charge in [0.15, 0.2) is 23.9 Å². The van der Waals surface area contributed by atoms with Crippen molar-refractivity contribution in [2.45, 2.75) is 39.9 Å². The van der Waals surface area contributed by atoms with Gasteiger partial charge in [-0.3, -0.25) is 0 Å². The van der Waals surface area contributed by atoms with Crippen LogP contribution in [0.3, 0.4) is 0 Å². The number of aryl methyl sites for hydroxylation is 2. The van der Waals surface area contributed by atoms with Crippen molar-refractivity contribution in [1.29, 1.82) is 0 Å². The molecule has 10 heteroatoms. The molecule has 28 heavy (non-hydrogen) atoms. The Morgan fingerprint density at radius 1 is 0.786 bits per heavy atom. The van der Waals surface area contributed by atoms with Crippen molar-refractivity contribution < 1.29 is 28.1 Å². The lowest BCUT2D eigenvalue weighted by Crippen LogP contribution is -2.12. The maximum absolute atomic E-state index is 12.2. The van der Waals surface area contributed by atoms with Gasteiger partial charge in [0.2, 0.25) is 0 Å². The number of carbonyl (C=O) groups is 2. The van der Waals surface area contributed by atoms with Crippen LogP contribution in [0.25, 0.3) is 0 Å². The second-order valence-electron chi connectivity index (χ2n) is 6.03. The average Bonchev–Trinajstić information content (AvgIpc) is 3.30. The van der Waals surface area contributed by atoms with E-state index in [9.17, 15) is 9.59 Å². The van der Waals surface area contributed by atoms with Crippen molar-refractivity contribution in [3.63, 3.8) is 0 Å². The highest BCUT2D eigenvalue weighted by molar-refractivity contribution is 5.93. The molecule has 3 rings (SSSR count). The van der Waals surface area contributed by atoms with Crippen molar-refractivity contribution >= 4 is 11.9 Å². The molecule has 2 heterocycles. The van der Waals surface area contributed by atoms with Gasteiger partial charge in [0.1, 0.15) is 0 Å². The molecule has 2 atom stereocenters. The third-order valence-corrected chi connectivity index (χ3v) is 3.71. The molecule has 0 saturated carbocycles. The smallest absolute Gasteiger partial charge is 0.338 e. The summed E-state index contributed by atoms with van der Waals surface area (Å²) in [4.78, 5) is 32.5. The Bertz CT molecular complexity index is 899. The molecule has 0 spiro atoms. The second-order valence-corrected chi connectivity index (χ2v) is 6.03. The normalized spacial score (nSPS) is 13.0. The number of nitrogens with zero attached hydrogens (tertiary/aromatic N) is 4. The third-order valence-electron chi connectivity index (χ3n) is 3.71. The molecular weight excluding hydrogens is 368 g/mol. The Morgan fingerprint density at radius 3 is 1.43 bits per heavy atom. The maximum Gasteiger partial charge on any atom is 0.338 e. The fourth-order valence-corrected chi connectivity index (χ4v) is 2.26. The first kappa shape index (κ1) is 19.2. The molecule has 0 aliphatic heterocycles. The highest BCUT2D eigenvalue weighted by Gasteiger charge is 2.21. The van der Waals surface area contributed by atoms with Gasteiger partial charge < -0.3 is 18.5 Å². The van der Waals surface area contributed by atoms with Gasteiger partial charge in [-0.05, 0) is 52.0 Å². The summed E-state index contributed by atoms with van der Waals surface area (Å²) in [7, 11) is 0. The summed E-state index contributed by atoms with van der Waals surface area (Å²) in [6, 6.07) is 5.86. The molecule has 2 aromatic heterocycles. The minimum Gasteiger partial charge on any atom is -0.449 e. The minimum absolute atomic E-state index is 0.205. The molecule has 3 aromatic rings. The summed E-state index contributed by atoms with van der Waals surface area (Å²) in [6.45, 7) is 6.58. The number of carbonyl (C=O) groups excluding carboxylic acids is 2. The summed E-state index contributed by atoms with van der Waals surface area (Å²) >= 11 is 0. The van der Waals surface area contributed by atoms with E-state index in [2.05, 4.69) is 20.3 Å². The zero-order valence-corrected chi connectivity index (χ0v) is 15.7. The van der Waals surface area contributed by atoms with Crippen LogP contribution in [0.5, 0.6) is 0 Å². The standard InChI is InChI=1S/C18H18N4O6/c1-9(15-19-11(3)21-27-15)25-17(23)13-5-7-14(8-6-13)18(24)26-10(2)16-20-12(4)22-28-16/h5-10H,1-4H3. The first-order chi connectivity index (χ1) is 13.3. The fourth-order valence-electron chi connectivity index (χ4n) is 2.26. The SMILES string of the molecule is Cc1noc(C(C)OC(=O)c2ccc(C(=O)OC(C)c3nc(C)no3)cc2)n1. The molecule has 0 radical (unpaired) electrons. The van der Waals surface area contributed by atoms with E-state index in [-0.39, 0.29) is 22.9 Å². The lowest BCUT2D eigenvalue weighted by molar-refractivity contribution is 0.0252. The third kappa shape index (κ3) is 4.40. The number of hydrogen-bond acceptors (Lipinski definition) is 10. The predicted octanol–water partition coefficient (Wildman–Crippen LogP) is 2.91. The highest BCUT2D eigenvalue weighted by Crippen LogP contribution is 2.19. The number of esters is 2. The number of hydrogen-bond donors (Lipinski definition) is 0. The summed E-state index contributed by atoms with van der Waals surface area (Å²) in [5.74, 6) is 0.139. The fraction of sp³-hybridized carbons (Fsp3) is 0.333. The van der Waals surface area contributed by atoms with Crippen LogP contribution < -0.4 is 0 Å². The Balaban J connectivity index is 1.60. The Morgan fingerprint density at radius 2 is 1.14 bits per heavy atom. The molecule has 10 nitrogen and oxygen atoms in total. The van der Waals surface area contributed by atoms with Crippen LogP contribution in [-0.2, 0) is 9.47 Å². The summed E-state index contributed by atoms with van der Waals surface area (Å²) in [5, 5.41) is 7.30. The lowest BCUT2D eigenvalue weighted by atomic mass is 10.1. The Hall–Kier alpha value is -3.56. The predicted molar refractivity (Wildman–Crippen MR) is 92.2 cm³/mol. The van der Waals surface area contributed by atoms with Gasteiger partial charge in [0, 0.05) is 0 Å². The van der Waals surface area contributed by atoms with Crippen LogP contribution in [0.4, 0.5) is 0 Å². The van der Waals surface area contributed by atoms with Gasteiger partial charge in [0.05, 0.1) is 11.1 Å². The molecule has 0 amide bonds. The molecule has 0 aliphatic carbocycles. The molecule has 2 unspecified atom stereocenters. The van der Waals surface area contributed by atoms with Gasteiger partial charge in [0.25, 0.3) is 11.8 Å². The molecule has 0 bridgehead atoms. The van der Waals surface area contributed by atoms with E-state index in [4.69, 9.17) is 18.5 Å². The Kier molecular flexibility index (Phi) is 5.48. The van der Waals surface area contributed by atoms with Crippen molar-refractivity contribution in [2.24, 2.45) is 0 Å². The van der Waals surface area contributed by atoms with E-state index in [1.807, 2.05) is 0 Å².